The van der Waals surface area contributed by atoms with Gasteiger partial charge in [-0.3, -0.25) is 0 Å². The molecule has 1 aliphatic rings. The molecule has 0 aromatic rings. The second-order valence-electron chi connectivity index (χ2n) is 3.52. The van der Waals surface area contributed by atoms with E-state index in [-0.39, 0.29) is 6.10 Å². The van der Waals surface area contributed by atoms with Gasteiger partial charge in [-0.05, 0) is 13.8 Å². The Balaban J connectivity index is 2.61. The summed E-state index contributed by atoms with van der Waals surface area (Å²) >= 11 is 0. The van der Waals surface area contributed by atoms with E-state index in [2.05, 4.69) is 0 Å². The van der Waals surface area contributed by atoms with E-state index in [0.717, 1.165) is 6.61 Å². The number of epoxide rings is 1. The molecule has 0 saturated carbocycles. The zero-order valence-corrected chi connectivity index (χ0v) is 12.1. The molecular weight excluding hydrogens is 244 g/mol. The van der Waals surface area contributed by atoms with Crippen molar-refractivity contribution in [2.24, 2.45) is 0 Å². The van der Waals surface area contributed by atoms with Gasteiger partial charge in [0.2, 0.25) is 0 Å². The van der Waals surface area contributed by atoms with Gasteiger partial charge in [0.05, 0.1) is 13.2 Å². The average Bonchev–Trinajstić information content (AvgIpc) is 3.15. The summed E-state index contributed by atoms with van der Waals surface area (Å²) in [5.74, 6) is 0. The largest absolute Gasteiger partial charge is 0.423 e. The lowest BCUT2D eigenvalue weighted by molar-refractivity contribution is -0.323. The van der Waals surface area contributed by atoms with Crippen LogP contribution >= 0.6 is 0 Å². The van der Waals surface area contributed by atoms with Crippen molar-refractivity contribution >= 4 is 9.28 Å². The van der Waals surface area contributed by atoms with Crippen molar-refractivity contribution in [2.45, 2.75) is 25.5 Å². The van der Waals surface area contributed by atoms with Gasteiger partial charge in [-0.2, -0.15) is 0 Å². The van der Waals surface area contributed by atoms with Crippen LogP contribution < -0.4 is 0 Å². The highest BCUT2D eigenvalue weighted by Crippen LogP contribution is 2.22. The number of hydrogen-bond donors (Lipinski definition) is 0. The molecule has 1 aliphatic heterocycles. The summed E-state index contributed by atoms with van der Waals surface area (Å²) in [4.78, 5) is 0. The van der Waals surface area contributed by atoms with Gasteiger partial charge in [-0.15, -0.1) is 0 Å². The van der Waals surface area contributed by atoms with Gasteiger partial charge >= 0.3 is 14.9 Å². The van der Waals surface area contributed by atoms with E-state index in [1.54, 1.807) is 0 Å². The van der Waals surface area contributed by atoms with Crippen LogP contribution in [0.1, 0.15) is 13.8 Å². The molecule has 1 unspecified atom stereocenters. The topological polar surface area (TPSA) is 58.7 Å². The fraction of sp³-hybridized carbons (Fsp3) is 1.00. The van der Waals surface area contributed by atoms with Crippen molar-refractivity contribution < 1.29 is 27.8 Å². The molecule has 17 heavy (non-hydrogen) atoms. The number of methoxy groups -OCH3 is 2. The molecule has 102 valence electrons. The molecule has 0 N–H and O–H groups in total. The van der Waals surface area contributed by atoms with E-state index in [4.69, 9.17) is 27.8 Å². The average molecular weight is 266 g/mol. The molecule has 1 atom stereocenters. The lowest BCUT2D eigenvalue weighted by atomic mass is 10.5. The highest BCUT2D eigenvalue weighted by atomic mass is 28.3. The monoisotopic (exact) mass is 266 g/mol. The van der Waals surface area contributed by atoms with Crippen molar-refractivity contribution in [1.82, 2.24) is 0 Å². The molecular formula is C10H22O6Si. The third-order valence-corrected chi connectivity index (χ3v) is 4.85. The Labute approximate surface area is 104 Å². The quantitative estimate of drug-likeness (QED) is 0.319. The normalized spacial score (nSPS) is 19.9. The van der Waals surface area contributed by atoms with Gasteiger partial charge in [-0.1, -0.05) is 0 Å². The van der Waals surface area contributed by atoms with E-state index >= 15 is 0 Å². The Bertz CT molecular complexity index is 201. The van der Waals surface area contributed by atoms with Crippen molar-refractivity contribution in [1.29, 1.82) is 0 Å². The second kappa shape index (κ2) is 7.42. The number of ether oxygens (including phenoxy) is 4. The van der Waals surface area contributed by atoms with E-state index in [1.807, 2.05) is 13.8 Å². The lowest BCUT2D eigenvalue weighted by Gasteiger charge is -2.34. The first-order valence-electron chi connectivity index (χ1n) is 5.81. The van der Waals surface area contributed by atoms with Crippen LogP contribution in [-0.2, 0) is 27.8 Å². The SMILES string of the molecule is CCO[SiH](OCC)C(OC)(OC)OCC1CO1. The van der Waals surface area contributed by atoms with Crippen molar-refractivity contribution in [2.75, 3.05) is 40.6 Å². The summed E-state index contributed by atoms with van der Waals surface area (Å²) < 4.78 is 32.6. The van der Waals surface area contributed by atoms with Crippen molar-refractivity contribution in [3.63, 3.8) is 0 Å². The molecule has 0 aromatic carbocycles. The van der Waals surface area contributed by atoms with E-state index in [0.29, 0.717) is 19.8 Å². The Morgan fingerprint density at radius 1 is 1.18 bits per heavy atom. The van der Waals surface area contributed by atoms with Crippen LogP contribution in [0.25, 0.3) is 0 Å². The predicted octanol–water partition coefficient (Wildman–Crippen LogP) is 0.181. The van der Waals surface area contributed by atoms with E-state index in [9.17, 15) is 0 Å². The molecule has 1 saturated heterocycles. The Morgan fingerprint density at radius 3 is 2.06 bits per heavy atom. The molecule has 0 radical (unpaired) electrons. The maximum absolute atomic E-state index is 5.66. The molecule has 1 rings (SSSR count). The molecule has 0 aromatic heterocycles. The summed E-state index contributed by atoms with van der Waals surface area (Å²) in [6, 6.07) is 0. The molecule has 1 heterocycles. The zero-order chi connectivity index (χ0) is 12.7. The van der Waals surface area contributed by atoms with Crippen LogP contribution in [0.15, 0.2) is 0 Å². The minimum Gasteiger partial charge on any atom is -0.392 e. The molecule has 1 fully saturated rings. The number of hydrogen-bond acceptors (Lipinski definition) is 6. The maximum Gasteiger partial charge on any atom is 0.423 e. The first kappa shape index (κ1) is 15.0. The molecule has 0 aliphatic carbocycles. The van der Waals surface area contributed by atoms with Crippen LogP contribution in [0, 0.1) is 0 Å². The summed E-state index contributed by atoms with van der Waals surface area (Å²) in [6.45, 7) is 6.02. The predicted molar refractivity (Wildman–Crippen MR) is 62.8 cm³/mol. The third kappa shape index (κ3) is 4.29. The van der Waals surface area contributed by atoms with Crippen LogP contribution in [0.3, 0.4) is 0 Å². The molecule has 6 nitrogen and oxygen atoms in total. The number of rotatable bonds is 10. The van der Waals surface area contributed by atoms with E-state index < -0.39 is 14.9 Å². The zero-order valence-electron chi connectivity index (χ0n) is 10.9. The molecule has 0 bridgehead atoms. The van der Waals surface area contributed by atoms with Gasteiger partial charge < -0.3 is 27.8 Å². The van der Waals surface area contributed by atoms with Crippen LogP contribution in [0.2, 0.25) is 0 Å². The summed E-state index contributed by atoms with van der Waals surface area (Å²) in [7, 11) is 0.808. The first-order chi connectivity index (χ1) is 8.22. The van der Waals surface area contributed by atoms with Gasteiger partial charge in [-0.25, -0.2) is 0 Å². The fourth-order valence-electron chi connectivity index (χ4n) is 1.39. The Hall–Kier alpha value is -0.0231. The second-order valence-corrected chi connectivity index (χ2v) is 5.56. The molecule has 7 heteroatoms. The summed E-state index contributed by atoms with van der Waals surface area (Å²) in [6.07, 6.45) is 0.137. The lowest BCUT2D eigenvalue weighted by Crippen LogP contribution is -2.55. The van der Waals surface area contributed by atoms with Gasteiger partial charge in [0, 0.05) is 27.4 Å². The Morgan fingerprint density at radius 2 is 1.71 bits per heavy atom. The minimum absolute atomic E-state index is 0.137. The third-order valence-electron chi connectivity index (χ3n) is 2.37. The summed E-state index contributed by atoms with van der Waals surface area (Å²) in [5, 5.41) is 0. The maximum atomic E-state index is 5.66. The standard InChI is InChI=1S/C10H22O6Si/c1-5-15-17(16-6-2)10(11-3,12-4)14-8-9-7-13-9/h9,17H,5-8H2,1-4H3. The van der Waals surface area contributed by atoms with Gasteiger partial charge in [0.1, 0.15) is 6.10 Å². The smallest absolute Gasteiger partial charge is 0.392 e. The highest BCUT2D eigenvalue weighted by molar-refractivity contribution is 6.47. The van der Waals surface area contributed by atoms with Gasteiger partial charge in [0.25, 0.3) is 0 Å². The summed E-state index contributed by atoms with van der Waals surface area (Å²) in [5.41, 5.74) is -1.21. The highest BCUT2D eigenvalue weighted by Gasteiger charge is 2.47. The van der Waals surface area contributed by atoms with Gasteiger partial charge in [0.15, 0.2) is 0 Å². The van der Waals surface area contributed by atoms with Crippen molar-refractivity contribution in [3.05, 3.63) is 0 Å². The van der Waals surface area contributed by atoms with E-state index in [1.165, 1.54) is 14.2 Å². The fourth-order valence-corrected chi connectivity index (χ4v) is 3.12. The first-order valence-corrected chi connectivity index (χ1v) is 7.33. The molecule has 0 spiro atoms. The molecule has 0 amide bonds. The van der Waals surface area contributed by atoms with Crippen LogP contribution in [0.5, 0.6) is 0 Å². The Kier molecular flexibility index (Phi) is 6.56. The van der Waals surface area contributed by atoms with Crippen molar-refractivity contribution in [3.8, 4) is 0 Å². The van der Waals surface area contributed by atoms with Crippen LogP contribution in [0.4, 0.5) is 0 Å². The van der Waals surface area contributed by atoms with Crippen LogP contribution in [-0.4, -0.2) is 61.6 Å². The minimum atomic E-state index is -2.24.